The molecule has 6 nitrogen and oxygen atoms in total. The van der Waals surface area contributed by atoms with Gasteiger partial charge in [-0.3, -0.25) is 4.79 Å². The second kappa shape index (κ2) is 7.32. The molecule has 1 spiro atoms. The van der Waals surface area contributed by atoms with Crippen LogP contribution < -0.4 is 0 Å². The number of rotatable bonds is 3. The highest BCUT2D eigenvalue weighted by Crippen LogP contribution is 2.49. The molecule has 1 unspecified atom stereocenters. The summed E-state index contributed by atoms with van der Waals surface area (Å²) in [5.74, 6) is 1.68. The molecule has 0 aliphatic carbocycles. The van der Waals surface area contributed by atoms with Crippen molar-refractivity contribution < 1.29 is 13.9 Å². The van der Waals surface area contributed by atoms with Gasteiger partial charge < -0.3 is 14.1 Å². The Labute approximate surface area is 166 Å². The third kappa shape index (κ3) is 3.34. The lowest BCUT2D eigenvalue weighted by molar-refractivity contribution is 0.00887. The summed E-state index contributed by atoms with van der Waals surface area (Å²) >= 11 is 0. The zero-order valence-electron chi connectivity index (χ0n) is 17.2. The Bertz CT molecular complexity index is 868. The van der Waals surface area contributed by atoms with Gasteiger partial charge in [-0.15, -0.1) is 10.2 Å². The number of carbonyl (C=O) groups excluding carboxylic acids is 1. The lowest BCUT2D eigenvalue weighted by Gasteiger charge is -2.36. The highest BCUT2D eigenvalue weighted by atomic mass is 16.5. The van der Waals surface area contributed by atoms with Crippen LogP contribution in [-0.4, -0.2) is 47.3 Å². The Morgan fingerprint density at radius 1 is 1.21 bits per heavy atom. The summed E-state index contributed by atoms with van der Waals surface area (Å²) in [6.45, 7) is 10.9. The normalized spacial score (nSPS) is 21.6. The number of nitrogens with zero attached hydrogens (tertiary/aromatic N) is 3. The average molecular weight is 383 g/mol. The van der Waals surface area contributed by atoms with Gasteiger partial charge in [0.2, 0.25) is 11.8 Å². The van der Waals surface area contributed by atoms with Crippen LogP contribution in [0.4, 0.5) is 0 Å². The van der Waals surface area contributed by atoms with E-state index in [1.807, 2.05) is 50.8 Å². The molecule has 1 aromatic carbocycles. The molecule has 1 amide bonds. The van der Waals surface area contributed by atoms with Crippen LogP contribution >= 0.6 is 0 Å². The topological polar surface area (TPSA) is 68.5 Å². The van der Waals surface area contributed by atoms with Crippen molar-refractivity contribution in [3.63, 3.8) is 0 Å². The van der Waals surface area contributed by atoms with Gasteiger partial charge in [0, 0.05) is 43.2 Å². The molecule has 6 heteroatoms. The number of ether oxygens (including phenoxy) is 1. The van der Waals surface area contributed by atoms with Crippen LogP contribution in [0.25, 0.3) is 0 Å². The molecule has 2 fully saturated rings. The molecular formula is C22H29N3O3. The number of likely N-dealkylation sites (tertiary alicyclic amines) is 1. The van der Waals surface area contributed by atoms with E-state index >= 15 is 0 Å². The average Bonchev–Trinajstić information content (AvgIpc) is 3.29. The monoisotopic (exact) mass is 383 g/mol. The number of benzene rings is 1. The summed E-state index contributed by atoms with van der Waals surface area (Å²) in [7, 11) is 0. The van der Waals surface area contributed by atoms with Crippen molar-refractivity contribution in [2.75, 3.05) is 26.3 Å². The summed E-state index contributed by atoms with van der Waals surface area (Å²) in [6.07, 6.45) is 1.82. The summed E-state index contributed by atoms with van der Waals surface area (Å²) in [5, 5.41) is 8.61. The Morgan fingerprint density at radius 3 is 2.64 bits per heavy atom. The largest absolute Gasteiger partial charge is 0.425 e. The molecule has 0 bridgehead atoms. The predicted octanol–water partition coefficient (Wildman–Crippen LogP) is 3.85. The maximum Gasteiger partial charge on any atom is 0.254 e. The van der Waals surface area contributed by atoms with Gasteiger partial charge in [0.1, 0.15) is 0 Å². The van der Waals surface area contributed by atoms with Crippen molar-refractivity contribution in [3.8, 4) is 0 Å². The fourth-order valence-corrected chi connectivity index (χ4v) is 4.51. The van der Waals surface area contributed by atoms with Gasteiger partial charge in [-0.1, -0.05) is 31.5 Å². The number of amides is 1. The third-order valence-electron chi connectivity index (χ3n) is 6.30. The van der Waals surface area contributed by atoms with Gasteiger partial charge in [0.05, 0.1) is 5.92 Å². The van der Waals surface area contributed by atoms with Crippen molar-refractivity contribution >= 4 is 5.91 Å². The van der Waals surface area contributed by atoms with E-state index in [0.29, 0.717) is 38.1 Å². The molecule has 0 saturated carbocycles. The summed E-state index contributed by atoms with van der Waals surface area (Å²) in [6, 6.07) is 6.06. The molecule has 1 atom stereocenters. The van der Waals surface area contributed by atoms with Crippen molar-refractivity contribution in [3.05, 3.63) is 46.7 Å². The van der Waals surface area contributed by atoms with Gasteiger partial charge in [-0.2, -0.15) is 0 Å². The quantitative estimate of drug-likeness (QED) is 0.805. The van der Waals surface area contributed by atoms with E-state index in [2.05, 4.69) is 10.2 Å². The molecule has 2 aliphatic heterocycles. The highest BCUT2D eigenvalue weighted by molar-refractivity contribution is 5.96. The summed E-state index contributed by atoms with van der Waals surface area (Å²) < 4.78 is 11.7. The van der Waals surface area contributed by atoms with Crippen LogP contribution in [0.15, 0.2) is 22.6 Å². The second-order valence-electron chi connectivity index (χ2n) is 8.66. The minimum absolute atomic E-state index is 0.0492. The Balaban J connectivity index is 1.66. The molecule has 2 aromatic rings. The SMILES string of the molecule is Cc1ccc(C)c(C(=O)N2CC(c3nnc(C(C)C)o3)C3(CCOCC3)C2)c1. The van der Waals surface area contributed by atoms with Crippen LogP contribution in [0.2, 0.25) is 0 Å². The van der Waals surface area contributed by atoms with Gasteiger partial charge in [0.25, 0.3) is 5.91 Å². The van der Waals surface area contributed by atoms with Gasteiger partial charge in [-0.25, -0.2) is 0 Å². The first-order valence-electron chi connectivity index (χ1n) is 10.2. The lowest BCUT2D eigenvalue weighted by Crippen LogP contribution is -2.37. The maximum absolute atomic E-state index is 13.4. The minimum Gasteiger partial charge on any atom is -0.425 e. The van der Waals surface area contributed by atoms with E-state index in [-0.39, 0.29) is 23.2 Å². The number of hydrogen-bond acceptors (Lipinski definition) is 5. The van der Waals surface area contributed by atoms with Gasteiger partial charge in [0.15, 0.2) is 0 Å². The molecule has 0 N–H and O–H groups in total. The molecule has 28 heavy (non-hydrogen) atoms. The van der Waals surface area contributed by atoms with Crippen LogP contribution in [-0.2, 0) is 4.74 Å². The highest BCUT2D eigenvalue weighted by Gasteiger charge is 2.51. The smallest absolute Gasteiger partial charge is 0.254 e. The van der Waals surface area contributed by atoms with Crippen molar-refractivity contribution in [1.82, 2.24) is 15.1 Å². The van der Waals surface area contributed by atoms with Crippen LogP contribution in [0.1, 0.15) is 71.8 Å². The third-order valence-corrected chi connectivity index (χ3v) is 6.30. The molecule has 2 saturated heterocycles. The van der Waals surface area contributed by atoms with E-state index in [1.165, 1.54) is 0 Å². The molecule has 3 heterocycles. The minimum atomic E-state index is -0.0492. The summed E-state index contributed by atoms with van der Waals surface area (Å²) in [5.41, 5.74) is 2.85. The Kier molecular flexibility index (Phi) is 5.00. The Hall–Kier alpha value is -2.21. The van der Waals surface area contributed by atoms with E-state index in [9.17, 15) is 4.79 Å². The van der Waals surface area contributed by atoms with E-state index in [0.717, 1.165) is 29.5 Å². The van der Waals surface area contributed by atoms with Gasteiger partial charge in [-0.05, 0) is 38.3 Å². The molecule has 1 aromatic heterocycles. The van der Waals surface area contributed by atoms with E-state index in [1.54, 1.807) is 0 Å². The summed E-state index contributed by atoms with van der Waals surface area (Å²) in [4.78, 5) is 15.3. The van der Waals surface area contributed by atoms with Crippen molar-refractivity contribution in [2.24, 2.45) is 5.41 Å². The molecule has 0 radical (unpaired) electrons. The molecular weight excluding hydrogens is 354 g/mol. The van der Waals surface area contributed by atoms with Crippen LogP contribution in [0, 0.1) is 19.3 Å². The number of carbonyl (C=O) groups is 1. The fourth-order valence-electron chi connectivity index (χ4n) is 4.51. The lowest BCUT2D eigenvalue weighted by atomic mass is 9.72. The number of aromatic nitrogens is 2. The standard InChI is InChI=1S/C22H29N3O3/c1-14(2)19-23-24-20(28-19)18-12-25(13-22(18)7-9-27-10-8-22)21(26)17-11-15(3)5-6-16(17)4/h5-6,11,14,18H,7-10,12-13H2,1-4H3. The van der Waals surface area contributed by atoms with E-state index in [4.69, 9.17) is 9.15 Å². The zero-order chi connectivity index (χ0) is 19.9. The predicted molar refractivity (Wildman–Crippen MR) is 105 cm³/mol. The maximum atomic E-state index is 13.4. The molecule has 2 aliphatic rings. The Morgan fingerprint density at radius 2 is 1.96 bits per heavy atom. The first kappa shape index (κ1) is 19.1. The molecule has 150 valence electrons. The first-order chi connectivity index (χ1) is 13.4. The zero-order valence-corrected chi connectivity index (χ0v) is 17.2. The molecule has 4 rings (SSSR count). The van der Waals surface area contributed by atoms with E-state index < -0.39 is 0 Å². The first-order valence-corrected chi connectivity index (χ1v) is 10.2. The number of aryl methyl sites for hydroxylation is 2. The van der Waals surface area contributed by atoms with Crippen LogP contribution in [0.3, 0.4) is 0 Å². The van der Waals surface area contributed by atoms with Gasteiger partial charge >= 0.3 is 0 Å². The number of hydrogen-bond donors (Lipinski definition) is 0. The van der Waals surface area contributed by atoms with Crippen LogP contribution in [0.5, 0.6) is 0 Å². The fraction of sp³-hybridized carbons (Fsp3) is 0.591. The van der Waals surface area contributed by atoms with Crippen molar-refractivity contribution in [2.45, 2.75) is 52.4 Å². The second-order valence-corrected chi connectivity index (χ2v) is 8.66. The van der Waals surface area contributed by atoms with Crippen molar-refractivity contribution in [1.29, 1.82) is 0 Å².